The Balaban J connectivity index is 2.25. The third kappa shape index (κ3) is 2.10. The van der Waals surface area contributed by atoms with Gasteiger partial charge in [-0.3, -0.25) is 0 Å². The lowest BCUT2D eigenvalue weighted by Crippen LogP contribution is -2.40. The molecule has 1 saturated heterocycles. The van der Waals surface area contributed by atoms with Crippen LogP contribution < -0.4 is 0 Å². The molecule has 0 radical (unpaired) electrons. The normalized spacial score (nSPS) is 29.1. The van der Waals surface area contributed by atoms with E-state index in [1.807, 2.05) is 0 Å². The molecule has 0 spiro atoms. The van der Waals surface area contributed by atoms with Gasteiger partial charge in [0, 0.05) is 10.2 Å². The van der Waals surface area contributed by atoms with Crippen LogP contribution in [0.2, 0.25) is 0 Å². The van der Waals surface area contributed by atoms with Crippen LogP contribution in [-0.2, 0) is 0 Å². The van der Waals surface area contributed by atoms with E-state index in [-0.39, 0.29) is 0 Å². The van der Waals surface area contributed by atoms with Gasteiger partial charge in [0.05, 0.1) is 0 Å². The van der Waals surface area contributed by atoms with Crippen LogP contribution >= 0.6 is 0 Å². The highest BCUT2D eigenvalue weighted by Crippen LogP contribution is 2.13. The standard InChI is InChI=1S/C8H19NSi/c1-2-6-9-7-4-3-5-8(9)10/h8H,2-7H2,1,10H3. The Morgan fingerprint density at radius 3 is 2.90 bits per heavy atom. The molecule has 1 nitrogen and oxygen atoms in total. The van der Waals surface area contributed by atoms with Gasteiger partial charge in [-0.2, -0.15) is 0 Å². The molecule has 0 aromatic carbocycles. The largest absolute Gasteiger partial charge is 0.304 e. The number of nitrogens with zero attached hydrogens (tertiary/aromatic N) is 1. The van der Waals surface area contributed by atoms with Crippen molar-refractivity contribution in [2.24, 2.45) is 0 Å². The SMILES string of the molecule is CCCN1CCCCC1[SiH3]. The summed E-state index contributed by atoms with van der Waals surface area (Å²) in [5.74, 6) is 0. The Labute approximate surface area is 67.2 Å². The lowest BCUT2D eigenvalue weighted by molar-refractivity contribution is 0.201. The van der Waals surface area contributed by atoms with Crippen molar-refractivity contribution < 1.29 is 0 Å². The monoisotopic (exact) mass is 157 g/mol. The van der Waals surface area contributed by atoms with Crippen LogP contribution in [0, 0.1) is 0 Å². The highest BCUT2D eigenvalue weighted by Gasteiger charge is 2.15. The minimum Gasteiger partial charge on any atom is -0.304 e. The van der Waals surface area contributed by atoms with E-state index in [0.717, 1.165) is 5.67 Å². The van der Waals surface area contributed by atoms with E-state index in [9.17, 15) is 0 Å². The number of rotatable bonds is 2. The van der Waals surface area contributed by atoms with Crippen LogP contribution in [0.3, 0.4) is 0 Å². The van der Waals surface area contributed by atoms with Gasteiger partial charge >= 0.3 is 0 Å². The van der Waals surface area contributed by atoms with Gasteiger partial charge in [-0.05, 0) is 38.0 Å². The summed E-state index contributed by atoms with van der Waals surface area (Å²) in [4.78, 5) is 2.68. The maximum Gasteiger partial charge on any atom is 0.0244 e. The van der Waals surface area contributed by atoms with Crippen LogP contribution in [0.4, 0.5) is 0 Å². The first-order valence-corrected chi connectivity index (χ1v) is 5.74. The summed E-state index contributed by atoms with van der Waals surface area (Å²) in [5.41, 5.74) is 0.994. The molecule has 0 N–H and O–H groups in total. The Morgan fingerprint density at radius 2 is 2.30 bits per heavy atom. The van der Waals surface area contributed by atoms with Gasteiger partial charge in [0.25, 0.3) is 0 Å². The second kappa shape index (κ2) is 4.14. The quantitative estimate of drug-likeness (QED) is 0.530. The van der Waals surface area contributed by atoms with Crippen molar-refractivity contribution in [3.8, 4) is 0 Å². The van der Waals surface area contributed by atoms with Crippen LogP contribution in [0.15, 0.2) is 0 Å². The summed E-state index contributed by atoms with van der Waals surface area (Å²) >= 11 is 0. The first-order valence-electron chi connectivity index (χ1n) is 4.58. The lowest BCUT2D eigenvalue weighted by atomic mass is 10.1. The molecule has 10 heavy (non-hydrogen) atoms. The van der Waals surface area contributed by atoms with Crippen molar-refractivity contribution in [1.82, 2.24) is 4.90 Å². The summed E-state index contributed by atoms with van der Waals surface area (Å²) in [6, 6.07) is 0. The zero-order valence-electron chi connectivity index (χ0n) is 7.27. The van der Waals surface area contributed by atoms with Gasteiger partial charge in [-0.25, -0.2) is 0 Å². The van der Waals surface area contributed by atoms with E-state index in [4.69, 9.17) is 0 Å². The molecule has 0 aromatic heterocycles. The first kappa shape index (κ1) is 8.28. The number of hydrogen-bond donors (Lipinski definition) is 0. The molecule has 0 amide bonds. The Bertz CT molecular complexity index is 93.3. The molecule has 1 aliphatic heterocycles. The van der Waals surface area contributed by atoms with Crippen molar-refractivity contribution in [1.29, 1.82) is 0 Å². The van der Waals surface area contributed by atoms with Gasteiger partial charge in [-0.15, -0.1) is 0 Å². The van der Waals surface area contributed by atoms with Crippen molar-refractivity contribution in [3.05, 3.63) is 0 Å². The van der Waals surface area contributed by atoms with Crippen molar-refractivity contribution in [2.75, 3.05) is 13.1 Å². The molecule has 1 aliphatic rings. The number of hydrogen-bond acceptors (Lipinski definition) is 1. The summed E-state index contributed by atoms with van der Waals surface area (Å²) in [6.45, 7) is 5.00. The van der Waals surface area contributed by atoms with Crippen molar-refractivity contribution in [2.45, 2.75) is 38.3 Å². The molecular weight excluding hydrogens is 138 g/mol. The van der Waals surface area contributed by atoms with Gasteiger partial charge in [0.2, 0.25) is 0 Å². The second-order valence-corrected chi connectivity index (χ2v) is 4.71. The van der Waals surface area contributed by atoms with E-state index in [1.165, 1.54) is 49.0 Å². The molecule has 0 bridgehead atoms. The van der Waals surface area contributed by atoms with Gasteiger partial charge < -0.3 is 4.90 Å². The van der Waals surface area contributed by atoms with Crippen molar-refractivity contribution in [3.63, 3.8) is 0 Å². The predicted molar refractivity (Wildman–Crippen MR) is 49.4 cm³/mol. The van der Waals surface area contributed by atoms with Crippen LogP contribution in [-0.4, -0.2) is 33.9 Å². The molecular formula is C8H19NSi. The van der Waals surface area contributed by atoms with E-state index in [2.05, 4.69) is 11.8 Å². The third-order valence-electron chi connectivity index (χ3n) is 2.45. The van der Waals surface area contributed by atoms with Gasteiger partial charge in [0.15, 0.2) is 0 Å². The Morgan fingerprint density at radius 1 is 1.50 bits per heavy atom. The topological polar surface area (TPSA) is 3.24 Å². The van der Waals surface area contributed by atoms with Crippen LogP contribution in [0.25, 0.3) is 0 Å². The van der Waals surface area contributed by atoms with Crippen LogP contribution in [0.1, 0.15) is 32.6 Å². The van der Waals surface area contributed by atoms with E-state index in [0.29, 0.717) is 0 Å². The zero-order valence-corrected chi connectivity index (χ0v) is 9.27. The molecule has 1 atom stereocenters. The second-order valence-electron chi connectivity index (χ2n) is 3.38. The summed E-state index contributed by atoms with van der Waals surface area (Å²) in [6.07, 6.45) is 5.73. The molecule has 0 aliphatic carbocycles. The molecule has 1 heterocycles. The molecule has 0 aromatic rings. The highest BCUT2D eigenvalue weighted by atomic mass is 28.1. The fraction of sp³-hybridized carbons (Fsp3) is 1.00. The average Bonchev–Trinajstić information content (AvgIpc) is 1.94. The predicted octanol–water partition coefficient (Wildman–Crippen LogP) is 0.574. The third-order valence-corrected chi connectivity index (χ3v) is 3.76. The Hall–Kier alpha value is 0.177. The molecule has 1 fully saturated rings. The lowest BCUT2D eigenvalue weighted by Gasteiger charge is -2.32. The fourth-order valence-corrected chi connectivity index (χ4v) is 2.70. The minimum atomic E-state index is 0.994. The van der Waals surface area contributed by atoms with E-state index >= 15 is 0 Å². The zero-order chi connectivity index (χ0) is 7.40. The minimum absolute atomic E-state index is 0.994. The maximum atomic E-state index is 2.68. The average molecular weight is 157 g/mol. The smallest absolute Gasteiger partial charge is 0.0244 e. The summed E-state index contributed by atoms with van der Waals surface area (Å²) < 4.78 is 0. The van der Waals surface area contributed by atoms with E-state index in [1.54, 1.807) is 0 Å². The molecule has 1 unspecified atom stereocenters. The number of piperidine rings is 1. The maximum absolute atomic E-state index is 2.68. The molecule has 2 heteroatoms. The highest BCUT2D eigenvalue weighted by molar-refractivity contribution is 6.11. The molecule has 0 saturated carbocycles. The Kier molecular flexibility index (Phi) is 3.42. The van der Waals surface area contributed by atoms with Crippen molar-refractivity contribution >= 4 is 10.2 Å². The van der Waals surface area contributed by atoms with Crippen LogP contribution in [0.5, 0.6) is 0 Å². The summed E-state index contributed by atoms with van der Waals surface area (Å²) in [7, 11) is 1.37. The van der Waals surface area contributed by atoms with Gasteiger partial charge in [0.1, 0.15) is 0 Å². The first-order chi connectivity index (χ1) is 4.84. The summed E-state index contributed by atoms with van der Waals surface area (Å²) in [5, 5.41) is 0. The van der Waals surface area contributed by atoms with Gasteiger partial charge in [-0.1, -0.05) is 13.3 Å². The fourth-order valence-electron chi connectivity index (χ4n) is 1.78. The molecule has 1 rings (SSSR count). The number of likely N-dealkylation sites (tertiary alicyclic amines) is 1. The molecule has 60 valence electrons. The van der Waals surface area contributed by atoms with E-state index < -0.39 is 0 Å².